The quantitative estimate of drug-likeness (QED) is 0.589. The lowest BCUT2D eigenvalue weighted by molar-refractivity contribution is -0.383. The third-order valence-corrected chi connectivity index (χ3v) is 2.53. The van der Waals surface area contributed by atoms with E-state index in [4.69, 9.17) is 0 Å². The van der Waals surface area contributed by atoms with Gasteiger partial charge in [0.05, 0.1) is 4.92 Å². The number of nitro groups is 1. The van der Waals surface area contributed by atoms with Crippen molar-refractivity contribution in [1.82, 2.24) is 0 Å². The van der Waals surface area contributed by atoms with E-state index >= 15 is 0 Å². The van der Waals surface area contributed by atoms with Gasteiger partial charge in [-0.1, -0.05) is 19.9 Å². The number of rotatable bonds is 6. The molecule has 17 heavy (non-hydrogen) atoms. The molecule has 0 radical (unpaired) electrons. The van der Waals surface area contributed by atoms with Gasteiger partial charge in [-0.3, -0.25) is 10.1 Å². The highest BCUT2D eigenvalue weighted by Crippen LogP contribution is 2.32. The molecule has 5 nitrogen and oxygen atoms in total. The fraction of sp³-hybridized carbons (Fsp3) is 0.500. The van der Waals surface area contributed by atoms with Crippen molar-refractivity contribution < 1.29 is 4.92 Å². The molecule has 0 spiro atoms. The molecule has 0 aliphatic heterocycles. The first kappa shape index (κ1) is 13.3. The van der Waals surface area contributed by atoms with Crippen LogP contribution in [0, 0.1) is 16.0 Å². The largest absolute Gasteiger partial charge is 0.382 e. The molecule has 0 bridgehead atoms. The van der Waals surface area contributed by atoms with Crippen LogP contribution in [0.3, 0.4) is 0 Å². The van der Waals surface area contributed by atoms with Gasteiger partial charge in [-0.25, -0.2) is 0 Å². The maximum atomic E-state index is 11.0. The number of anilines is 2. The predicted molar refractivity (Wildman–Crippen MR) is 70.6 cm³/mol. The second kappa shape index (κ2) is 6.08. The van der Waals surface area contributed by atoms with Crippen molar-refractivity contribution >= 4 is 17.1 Å². The summed E-state index contributed by atoms with van der Waals surface area (Å²) < 4.78 is 0. The van der Waals surface area contributed by atoms with Crippen LogP contribution in [-0.2, 0) is 0 Å². The van der Waals surface area contributed by atoms with Crippen molar-refractivity contribution in [3.63, 3.8) is 0 Å². The normalized spacial score (nSPS) is 10.4. The minimum atomic E-state index is -0.358. The smallest absolute Gasteiger partial charge is 0.315 e. The zero-order chi connectivity index (χ0) is 12.8. The van der Waals surface area contributed by atoms with E-state index in [9.17, 15) is 10.1 Å². The molecule has 0 unspecified atom stereocenters. The molecule has 1 aromatic rings. The fourth-order valence-corrected chi connectivity index (χ4v) is 1.58. The molecule has 0 aliphatic carbocycles. The minimum absolute atomic E-state index is 0.110. The Morgan fingerprint density at radius 1 is 1.35 bits per heavy atom. The Kier molecular flexibility index (Phi) is 4.75. The molecule has 0 saturated carbocycles. The highest BCUT2D eigenvalue weighted by Gasteiger charge is 2.18. The maximum absolute atomic E-state index is 11.0. The van der Waals surface area contributed by atoms with Gasteiger partial charge in [-0.05, 0) is 24.5 Å². The van der Waals surface area contributed by atoms with Crippen molar-refractivity contribution in [2.75, 3.05) is 24.2 Å². The van der Waals surface area contributed by atoms with Crippen molar-refractivity contribution in [1.29, 1.82) is 0 Å². The minimum Gasteiger partial charge on any atom is -0.382 e. The molecule has 94 valence electrons. The van der Waals surface area contributed by atoms with Crippen molar-refractivity contribution in [2.45, 2.75) is 20.3 Å². The third kappa shape index (κ3) is 3.62. The monoisotopic (exact) mass is 237 g/mol. The number of hydrogen-bond donors (Lipinski definition) is 2. The molecule has 1 aromatic carbocycles. The first-order valence-electron chi connectivity index (χ1n) is 5.75. The second-order valence-electron chi connectivity index (χ2n) is 4.32. The first-order chi connectivity index (χ1) is 8.06. The molecule has 5 heteroatoms. The van der Waals surface area contributed by atoms with Crippen LogP contribution in [0.4, 0.5) is 17.1 Å². The molecule has 0 saturated heterocycles. The van der Waals surface area contributed by atoms with E-state index in [-0.39, 0.29) is 10.6 Å². The van der Waals surface area contributed by atoms with E-state index in [1.54, 1.807) is 25.2 Å². The van der Waals surface area contributed by atoms with Crippen LogP contribution in [0.5, 0.6) is 0 Å². The summed E-state index contributed by atoms with van der Waals surface area (Å²) in [5, 5.41) is 17.0. The van der Waals surface area contributed by atoms with Gasteiger partial charge in [0, 0.05) is 13.6 Å². The van der Waals surface area contributed by atoms with Gasteiger partial charge in [-0.2, -0.15) is 0 Å². The summed E-state index contributed by atoms with van der Waals surface area (Å²) in [6.07, 6.45) is 0.987. The Morgan fingerprint density at radius 2 is 2.00 bits per heavy atom. The number of benzene rings is 1. The maximum Gasteiger partial charge on any atom is 0.315 e. The lowest BCUT2D eigenvalue weighted by Crippen LogP contribution is -2.08. The molecule has 0 heterocycles. The Morgan fingerprint density at radius 3 is 2.53 bits per heavy atom. The van der Waals surface area contributed by atoms with Crippen LogP contribution in [0.15, 0.2) is 18.2 Å². The van der Waals surface area contributed by atoms with Crippen LogP contribution in [-0.4, -0.2) is 18.5 Å². The van der Waals surface area contributed by atoms with E-state index in [1.807, 2.05) is 0 Å². The zero-order valence-corrected chi connectivity index (χ0v) is 10.5. The van der Waals surface area contributed by atoms with Crippen LogP contribution in [0.2, 0.25) is 0 Å². The van der Waals surface area contributed by atoms with Crippen LogP contribution >= 0.6 is 0 Å². The van der Waals surface area contributed by atoms with Gasteiger partial charge >= 0.3 is 5.69 Å². The van der Waals surface area contributed by atoms with Gasteiger partial charge < -0.3 is 10.6 Å². The highest BCUT2D eigenvalue weighted by atomic mass is 16.6. The number of nitrogens with one attached hydrogen (secondary N) is 2. The van der Waals surface area contributed by atoms with Crippen LogP contribution < -0.4 is 10.6 Å². The zero-order valence-electron chi connectivity index (χ0n) is 10.5. The average Bonchev–Trinajstić information content (AvgIpc) is 2.27. The summed E-state index contributed by atoms with van der Waals surface area (Å²) in [4.78, 5) is 10.7. The summed E-state index contributed by atoms with van der Waals surface area (Å²) in [6.45, 7) is 4.99. The van der Waals surface area contributed by atoms with E-state index in [2.05, 4.69) is 24.5 Å². The summed E-state index contributed by atoms with van der Waals surface area (Å²) in [6, 6.07) is 5.24. The second-order valence-corrected chi connectivity index (χ2v) is 4.32. The molecular formula is C12H19N3O2. The molecule has 2 N–H and O–H groups in total. The lowest BCUT2D eigenvalue weighted by atomic mass is 10.1. The van der Waals surface area contributed by atoms with Crippen LogP contribution in [0.1, 0.15) is 20.3 Å². The fourth-order valence-electron chi connectivity index (χ4n) is 1.58. The molecule has 0 amide bonds. The van der Waals surface area contributed by atoms with Crippen molar-refractivity contribution in [3.05, 3.63) is 28.3 Å². The summed E-state index contributed by atoms with van der Waals surface area (Å²) >= 11 is 0. The van der Waals surface area contributed by atoms with Crippen LogP contribution in [0.25, 0.3) is 0 Å². The molecule has 0 fully saturated rings. The van der Waals surface area contributed by atoms with E-state index in [1.165, 1.54) is 0 Å². The SMILES string of the molecule is CNc1cccc(NCCC(C)C)c1[N+](=O)[O-]. The molecule has 0 atom stereocenters. The van der Waals surface area contributed by atoms with Gasteiger partial charge in [-0.15, -0.1) is 0 Å². The Bertz CT molecular complexity index is 391. The first-order valence-corrected chi connectivity index (χ1v) is 5.75. The van der Waals surface area contributed by atoms with Gasteiger partial charge in [0.25, 0.3) is 0 Å². The van der Waals surface area contributed by atoms with E-state index in [0.29, 0.717) is 17.3 Å². The average molecular weight is 237 g/mol. The summed E-state index contributed by atoms with van der Waals surface area (Å²) in [5.74, 6) is 0.578. The number of para-hydroxylation sites is 1. The van der Waals surface area contributed by atoms with Gasteiger partial charge in [0.2, 0.25) is 0 Å². The standard InChI is InChI=1S/C12H19N3O2/c1-9(2)7-8-14-11-6-4-5-10(13-3)12(11)15(16)17/h4-6,9,13-14H,7-8H2,1-3H3. The van der Waals surface area contributed by atoms with Crippen molar-refractivity contribution in [2.24, 2.45) is 5.92 Å². The molecule has 1 rings (SSSR count). The lowest BCUT2D eigenvalue weighted by Gasteiger charge is -2.10. The highest BCUT2D eigenvalue weighted by molar-refractivity contribution is 5.75. The van der Waals surface area contributed by atoms with Gasteiger partial charge in [0.1, 0.15) is 11.4 Å². The summed E-state index contributed by atoms with van der Waals surface area (Å²) in [5.41, 5.74) is 1.21. The molecule has 0 aliphatic rings. The molecule has 0 aromatic heterocycles. The third-order valence-electron chi connectivity index (χ3n) is 2.53. The topological polar surface area (TPSA) is 67.2 Å². The Balaban J connectivity index is 2.87. The number of hydrogen-bond acceptors (Lipinski definition) is 4. The predicted octanol–water partition coefficient (Wildman–Crippen LogP) is 3.09. The van der Waals surface area contributed by atoms with Crippen molar-refractivity contribution in [3.8, 4) is 0 Å². The number of nitrogens with zero attached hydrogens (tertiary/aromatic N) is 1. The van der Waals surface area contributed by atoms with Gasteiger partial charge in [0.15, 0.2) is 0 Å². The summed E-state index contributed by atoms with van der Waals surface area (Å²) in [7, 11) is 1.68. The molecular weight excluding hydrogens is 218 g/mol. The number of nitro benzene ring substituents is 1. The van der Waals surface area contributed by atoms with E-state index < -0.39 is 0 Å². The Hall–Kier alpha value is -1.78. The Labute approximate surface area is 101 Å². The van der Waals surface area contributed by atoms with E-state index in [0.717, 1.165) is 13.0 Å².